The van der Waals surface area contributed by atoms with Gasteiger partial charge in [-0.05, 0) is 79.1 Å². The predicted molar refractivity (Wildman–Crippen MR) is 106 cm³/mol. The third-order valence-electron chi connectivity index (χ3n) is 7.82. The second kappa shape index (κ2) is 7.22. The van der Waals surface area contributed by atoms with Gasteiger partial charge in [0.1, 0.15) is 0 Å². The first-order valence-corrected chi connectivity index (χ1v) is 10.7. The van der Waals surface area contributed by atoms with Gasteiger partial charge in [-0.25, -0.2) is 0 Å². The lowest BCUT2D eigenvalue weighted by atomic mass is 9.52. The van der Waals surface area contributed by atoms with Crippen LogP contribution in [0.15, 0.2) is 36.0 Å². The molecule has 0 amide bonds. The van der Waals surface area contributed by atoms with Gasteiger partial charge in [0.05, 0.1) is 0 Å². The highest BCUT2D eigenvalue weighted by atomic mass is 14.6. The van der Waals surface area contributed by atoms with Crippen molar-refractivity contribution in [2.45, 2.75) is 79.1 Å². The number of hydrogen-bond acceptors (Lipinski definition) is 0. The average Bonchev–Trinajstić information content (AvgIpc) is 2.93. The van der Waals surface area contributed by atoms with Gasteiger partial charge in [0.15, 0.2) is 0 Å². The van der Waals surface area contributed by atoms with Crippen LogP contribution in [0.2, 0.25) is 0 Å². The van der Waals surface area contributed by atoms with Crippen molar-refractivity contribution in [3.05, 3.63) is 36.0 Å². The molecule has 0 radical (unpaired) electrons. The molecule has 134 valence electrons. The predicted octanol–water partition coefficient (Wildman–Crippen LogP) is 7.33. The summed E-state index contributed by atoms with van der Waals surface area (Å²) in [6.07, 6.45) is 18.8. The van der Waals surface area contributed by atoms with E-state index in [0.29, 0.717) is 5.41 Å². The van der Waals surface area contributed by atoms with Crippen LogP contribution in [0.25, 0.3) is 0 Å². The molecule has 0 spiro atoms. The molecular formula is C24H38. The van der Waals surface area contributed by atoms with Gasteiger partial charge < -0.3 is 0 Å². The van der Waals surface area contributed by atoms with Gasteiger partial charge in [0.2, 0.25) is 0 Å². The summed E-state index contributed by atoms with van der Waals surface area (Å²) < 4.78 is 0. The van der Waals surface area contributed by atoms with Crippen LogP contribution in [-0.4, -0.2) is 0 Å². The molecule has 0 saturated heterocycles. The van der Waals surface area contributed by atoms with Crippen LogP contribution in [0.4, 0.5) is 0 Å². The third-order valence-corrected chi connectivity index (χ3v) is 7.82. The molecule has 0 aliphatic heterocycles. The van der Waals surface area contributed by atoms with Crippen molar-refractivity contribution in [1.29, 1.82) is 0 Å². The Morgan fingerprint density at radius 1 is 1.17 bits per heavy atom. The van der Waals surface area contributed by atoms with Crippen LogP contribution in [0, 0.1) is 35.0 Å². The Hall–Kier alpha value is -0.780. The summed E-state index contributed by atoms with van der Waals surface area (Å²) in [5, 5.41) is 0. The molecule has 2 saturated carbocycles. The first-order valence-electron chi connectivity index (χ1n) is 10.7. The fourth-order valence-corrected chi connectivity index (χ4v) is 6.68. The van der Waals surface area contributed by atoms with E-state index in [0.717, 1.165) is 29.6 Å². The topological polar surface area (TPSA) is 0 Å². The Kier molecular flexibility index (Phi) is 5.42. The van der Waals surface area contributed by atoms with Gasteiger partial charge in [-0.2, -0.15) is 0 Å². The fourth-order valence-electron chi connectivity index (χ4n) is 6.68. The minimum Gasteiger partial charge on any atom is -0.0958 e. The summed E-state index contributed by atoms with van der Waals surface area (Å²) in [5.41, 5.74) is 3.59. The standard InChI is InChI=1S/C22H32.C2H6/c1-4-5-17-8-11-21-20-10-7-16-14-15(2)6-9-18(16)19(20)12-13-22(17,21)3;1-2/h7,10,14,17-21H,2,4-6,8-9,11-13H2,1,3H3;1-2H3. The van der Waals surface area contributed by atoms with Crippen molar-refractivity contribution in [1.82, 2.24) is 0 Å². The second-order valence-electron chi connectivity index (χ2n) is 8.76. The van der Waals surface area contributed by atoms with Crippen molar-refractivity contribution in [3.8, 4) is 0 Å². The SMILES string of the molecule is C=C1C=C2C=CC3C(CCC4(C)C(CCC)CCC34)C2CC1.CC. The Morgan fingerprint density at radius 2 is 1.96 bits per heavy atom. The van der Waals surface area contributed by atoms with Crippen molar-refractivity contribution in [2.24, 2.45) is 35.0 Å². The Balaban J connectivity index is 0.000000815. The first-order chi connectivity index (χ1) is 11.6. The van der Waals surface area contributed by atoms with Gasteiger partial charge in [-0.15, -0.1) is 0 Å². The highest BCUT2D eigenvalue weighted by molar-refractivity contribution is 5.37. The molecule has 6 atom stereocenters. The molecule has 24 heavy (non-hydrogen) atoms. The Labute approximate surface area is 150 Å². The van der Waals surface area contributed by atoms with E-state index in [9.17, 15) is 0 Å². The van der Waals surface area contributed by atoms with Crippen LogP contribution < -0.4 is 0 Å². The highest BCUT2D eigenvalue weighted by Gasteiger charge is 2.54. The fraction of sp³-hybridized carbons (Fsp3) is 0.750. The zero-order valence-electron chi connectivity index (χ0n) is 16.5. The molecule has 4 aliphatic rings. The summed E-state index contributed by atoms with van der Waals surface area (Å²) >= 11 is 0. The molecule has 0 aromatic heterocycles. The van der Waals surface area contributed by atoms with E-state index in [2.05, 4.69) is 38.7 Å². The normalized spacial score (nSPS) is 43.1. The van der Waals surface area contributed by atoms with E-state index >= 15 is 0 Å². The monoisotopic (exact) mass is 326 g/mol. The molecule has 2 fully saturated rings. The summed E-state index contributed by atoms with van der Waals surface area (Å²) in [6.45, 7) is 13.2. The minimum absolute atomic E-state index is 0.640. The molecule has 6 unspecified atom stereocenters. The van der Waals surface area contributed by atoms with Crippen LogP contribution in [0.3, 0.4) is 0 Å². The van der Waals surface area contributed by atoms with Crippen molar-refractivity contribution in [2.75, 3.05) is 0 Å². The third kappa shape index (κ3) is 2.85. The molecule has 0 bridgehead atoms. The summed E-state index contributed by atoms with van der Waals surface area (Å²) in [4.78, 5) is 0. The molecule has 0 heteroatoms. The lowest BCUT2D eigenvalue weighted by Crippen LogP contribution is -2.44. The average molecular weight is 327 g/mol. The van der Waals surface area contributed by atoms with Gasteiger partial charge >= 0.3 is 0 Å². The van der Waals surface area contributed by atoms with E-state index in [-0.39, 0.29) is 0 Å². The Morgan fingerprint density at radius 3 is 2.71 bits per heavy atom. The molecule has 4 rings (SSSR count). The lowest BCUT2D eigenvalue weighted by Gasteiger charge is -2.52. The number of rotatable bonds is 2. The zero-order chi connectivity index (χ0) is 17.3. The quantitative estimate of drug-likeness (QED) is 0.498. The van der Waals surface area contributed by atoms with Gasteiger partial charge in [-0.3, -0.25) is 0 Å². The van der Waals surface area contributed by atoms with E-state index in [1.165, 1.54) is 56.9 Å². The first kappa shape index (κ1) is 18.0. The van der Waals surface area contributed by atoms with E-state index in [4.69, 9.17) is 0 Å². The maximum atomic E-state index is 4.19. The van der Waals surface area contributed by atoms with Crippen LogP contribution in [-0.2, 0) is 0 Å². The van der Waals surface area contributed by atoms with Crippen LogP contribution in [0.1, 0.15) is 79.1 Å². The van der Waals surface area contributed by atoms with E-state index < -0.39 is 0 Å². The minimum atomic E-state index is 0.640. The smallest absolute Gasteiger partial charge is 0.0125 e. The maximum Gasteiger partial charge on any atom is -0.0125 e. The number of allylic oxidation sites excluding steroid dienone is 5. The summed E-state index contributed by atoms with van der Waals surface area (Å²) in [6, 6.07) is 0. The molecule has 4 aliphatic carbocycles. The number of hydrogen-bond donors (Lipinski definition) is 0. The van der Waals surface area contributed by atoms with Gasteiger partial charge in [-0.1, -0.05) is 70.9 Å². The van der Waals surface area contributed by atoms with E-state index in [1.807, 2.05) is 13.8 Å². The second-order valence-corrected chi connectivity index (χ2v) is 8.76. The zero-order valence-corrected chi connectivity index (χ0v) is 16.5. The lowest BCUT2D eigenvalue weighted by molar-refractivity contribution is 0.0110. The van der Waals surface area contributed by atoms with Crippen molar-refractivity contribution >= 4 is 0 Å². The Bertz CT molecular complexity index is 522. The van der Waals surface area contributed by atoms with Gasteiger partial charge in [0, 0.05) is 0 Å². The van der Waals surface area contributed by atoms with Crippen LogP contribution in [0.5, 0.6) is 0 Å². The van der Waals surface area contributed by atoms with Crippen LogP contribution >= 0.6 is 0 Å². The molecule has 0 nitrogen and oxygen atoms in total. The molecule has 0 N–H and O–H groups in total. The summed E-state index contributed by atoms with van der Waals surface area (Å²) in [5.74, 6) is 4.61. The van der Waals surface area contributed by atoms with Crippen molar-refractivity contribution in [3.63, 3.8) is 0 Å². The number of fused-ring (bicyclic) bond motifs is 5. The molecule has 0 aromatic carbocycles. The molecule has 0 aromatic rings. The van der Waals surface area contributed by atoms with E-state index in [1.54, 1.807) is 5.57 Å². The van der Waals surface area contributed by atoms with Crippen molar-refractivity contribution < 1.29 is 0 Å². The maximum absolute atomic E-state index is 4.19. The highest BCUT2D eigenvalue weighted by Crippen LogP contribution is 2.63. The molecular weight excluding hydrogens is 288 g/mol. The summed E-state index contributed by atoms with van der Waals surface area (Å²) in [7, 11) is 0. The largest absolute Gasteiger partial charge is 0.0958 e. The van der Waals surface area contributed by atoms with Gasteiger partial charge in [0.25, 0.3) is 0 Å². The molecule has 0 heterocycles.